The molecule has 0 unspecified atom stereocenters. The topological polar surface area (TPSA) is 66.4 Å². The summed E-state index contributed by atoms with van der Waals surface area (Å²) >= 11 is 2.98. The second kappa shape index (κ2) is 6.49. The highest BCUT2D eigenvalue weighted by Gasteiger charge is 2.19. The molecule has 0 aliphatic heterocycles. The molecular weight excluding hydrogens is 282 g/mol. The van der Waals surface area contributed by atoms with Gasteiger partial charge in [-0.3, -0.25) is 9.59 Å². The lowest BCUT2D eigenvalue weighted by molar-refractivity contribution is -0.137. The zero-order valence-corrected chi connectivity index (χ0v) is 11.7. The lowest BCUT2D eigenvalue weighted by Gasteiger charge is -2.15. The molecule has 0 aliphatic rings. The molecule has 2 aromatic rings. The van der Waals surface area contributed by atoms with Gasteiger partial charge in [-0.25, -0.2) is 0 Å². The van der Waals surface area contributed by atoms with Crippen molar-refractivity contribution < 1.29 is 14.7 Å². The van der Waals surface area contributed by atoms with Gasteiger partial charge in [0.05, 0.1) is 18.9 Å². The molecule has 1 atom stereocenters. The maximum atomic E-state index is 11.9. The van der Waals surface area contributed by atoms with E-state index in [-0.39, 0.29) is 18.7 Å². The summed E-state index contributed by atoms with van der Waals surface area (Å²) in [6.45, 7) is 0. The number of carboxylic acids is 1. The van der Waals surface area contributed by atoms with Gasteiger partial charge in [-0.2, -0.15) is 11.3 Å². The van der Waals surface area contributed by atoms with Crippen LogP contribution in [-0.4, -0.2) is 17.0 Å². The van der Waals surface area contributed by atoms with Gasteiger partial charge in [0.25, 0.3) is 0 Å². The number of carboxylic acid groups (broad SMARTS) is 1. The first-order chi connectivity index (χ1) is 9.15. The highest BCUT2D eigenvalue weighted by Crippen LogP contribution is 2.22. The molecule has 0 saturated carbocycles. The second-order valence-electron chi connectivity index (χ2n) is 4.04. The summed E-state index contributed by atoms with van der Waals surface area (Å²) in [6, 6.07) is 5.12. The van der Waals surface area contributed by atoms with Crippen LogP contribution in [0.1, 0.15) is 22.9 Å². The number of nitrogens with one attached hydrogen (secondary N) is 1. The number of carbonyl (C=O) groups is 2. The number of carbonyl (C=O) groups excluding carboxylic acids is 1. The van der Waals surface area contributed by atoms with E-state index >= 15 is 0 Å². The third kappa shape index (κ3) is 4.18. The van der Waals surface area contributed by atoms with Crippen LogP contribution in [0.3, 0.4) is 0 Å². The zero-order valence-electron chi connectivity index (χ0n) is 10.0. The third-order valence-electron chi connectivity index (χ3n) is 2.55. The molecule has 0 radical (unpaired) electrons. The van der Waals surface area contributed by atoms with Gasteiger partial charge in [-0.15, -0.1) is 11.3 Å². The maximum absolute atomic E-state index is 11.9. The van der Waals surface area contributed by atoms with Crippen LogP contribution in [0.15, 0.2) is 34.3 Å². The molecule has 6 heteroatoms. The predicted molar refractivity (Wildman–Crippen MR) is 75.5 cm³/mol. The van der Waals surface area contributed by atoms with Crippen LogP contribution in [0.4, 0.5) is 0 Å². The minimum Gasteiger partial charge on any atom is -0.481 e. The number of aliphatic carboxylic acids is 1. The molecule has 0 saturated heterocycles. The molecule has 1 amide bonds. The number of thiophene rings is 2. The molecule has 0 spiro atoms. The SMILES string of the molecule is O=C(O)C[C@@H](NC(=O)Cc1ccsc1)c1cccs1. The Morgan fingerprint density at radius 1 is 1.32 bits per heavy atom. The first kappa shape index (κ1) is 13.8. The van der Waals surface area contributed by atoms with Crippen molar-refractivity contribution in [1.29, 1.82) is 0 Å². The van der Waals surface area contributed by atoms with Crippen molar-refractivity contribution in [3.05, 3.63) is 44.8 Å². The standard InChI is InChI=1S/C13H13NO3S2/c15-12(6-9-3-5-18-8-9)14-10(7-13(16)17)11-2-1-4-19-11/h1-5,8,10H,6-7H2,(H,14,15)(H,16,17)/t10-/m1/s1. The summed E-state index contributed by atoms with van der Waals surface area (Å²) in [6.07, 6.45) is 0.181. The summed E-state index contributed by atoms with van der Waals surface area (Å²) in [5.74, 6) is -1.08. The Morgan fingerprint density at radius 3 is 2.74 bits per heavy atom. The fraction of sp³-hybridized carbons (Fsp3) is 0.231. The van der Waals surface area contributed by atoms with Gasteiger partial charge < -0.3 is 10.4 Å². The molecule has 19 heavy (non-hydrogen) atoms. The Bertz CT molecular complexity index is 534. The molecule has 4 nitrogen and oxygen atoms in total. The van der Waals surface area contributed by atoms with E-state index in [4.69, 9.17) is 5.11 Å². The van der Waals surface area contributed by atoms with Crippen LogP contribution in [0, 0.1) is 0 Å². The smallest absolute Gasteiger partial charge is 0.305 e. The molecule has 2 rings (SSSR count). The van der Waals surface area contributed by atoms with Crippen LogP contribution in [0.25, 0.3) is 0 Å². The fourth-order valence-corrected chi connectivity index (χ4v) is 3.16. The largest absolute Gasteiger partial charge is 0.481 e. The molecule has 0 aliphatic carbocycles. The number of amides is 1. The highest BCUT2D eigenvalue weighted by atomic mass is 32.1. The van der Waals surface area contributed by atoms with Gasteiger partial charge in [0, 0.05) is 4.88 Å². The minimum atomic E-state index is -0.922. The van der Waals surface area contributed by atoms with Crippen molar-refractivity contribution in [3.8, 4) is 0 Å². The normalized spacial score (nSPS) is 12.0. The van der Waals surface area contributed by atoms with E-state index in [1.807, 2.05) is 34.3 Å². The summed E-state index contributed by atoms with van der Waals surface area (Å²) in [4.78, 5) is 23.6. The first-order valence-corrected chi connectivity index (χ1v) is 7.53. The molecule has 2 N–H and O–H groups in total. The number of hydrogen-bond donors (Lipinski definition) is 2. The van der Waals surface area contributed by atoms with Gasteiger partial charge >= 0.3 is 5.97 Å². The van der Waals surface area contributed by atoms with Crippen LogP contribution in [-0.2, 0) is 16.0 Å². The van der Waals surface area contributed by atoms with Gasteiger partial charge in [-0.1, -0.05) is 6.07 Å². The molecule has 0 bridgehead atoms. The number of rotatable bonds is 6. The van der Waals surface area contributed by atoms with E-state index in [1.165, 1.54) is 22.7 Å². The van der Waals surface area contributed by atoms with Crippen molar-refractivity contribution in [2.24, 2.45) is 0 Å². The fourth-order valence-electron chi connectivity index (χ4n) is 1.71. The summed E-state index contributed by atoms with van der Waals surface area (Å²) < 4.78 is 0. The monoisotopic (exact) mass is 295 g/mol. The lowest BCUT2D eigenvalue weighted by atomic mass is 10.1. The van der Waals surface area contributed by atoms with E-state index in [2.05, 4.69) is 5.32 Å². The molecule has 2 aromatic heterocycles. The Balaban J connectivity index is 1.99. The Morgan fingerprint density at radius 2 is 2.16 bits per heavy atom. The second-order valence-corrected chi connectivity index (χ2v) is 5.80. The molecule has 100 valence electrons. The molecule has 0 aromatic carbocycles. The molecule has 0 fully saturated rings. The third-order valence-corrected chi connectivity index (χ3v) is 4.26. The van der Waals surface area contributed by atoms with Crippen LogP contribution in [0.5, 0.6) is 0 Å². The molecular formula is C13H13NO3S2. The zero-order chi connectivity index (χ0) is 13.7. The lowest BCUT2D eigenvalue weighted by Crippen LogP contribution is -2.30. The maximum Gasteiger partial charge on any atom is 0.305 e. The van der Waals surface area contributed by atoms with Crippen LogP contribution >= 0.6 is 22.7 Å². The molecule has 2 heterocycles. The number of hydrogen-bond acceptors (Lipinski definition) is 4. The van der Waals surface area contributed by atoms with Gasteiger partial charge in [0.1, 0.15) is 0 Å². The van der Waals surface area contributed by atoms with Crippen molar-refractivity contribution in [2.45, 2.75) is 18.9 Å². The van der Waals surface area contributed by atoms with Gasteiger partial charge in [-0.05, 0) is 33.8 Å². The van der Waals surface area contributed by atoms with Crippen molar-refractivity contribution in [2.75, 3.05) is 0 Å². The van der Waals surface area contributed by atoms with Crippen LogP contribution < -0.4 is 5.32 Å². The average molecular weight is 295 g/mol. The summed E-state index contributed by atoms with van der Waals surface area (Å²) in [5, 5.41) is 17.4. The predicted octanol–water partition coefficient (Wildman–Crippen LogP) is 2.68. The van der Waals surface area contributed by atoms with E-state index in [1.54, 1.807) is 0 Å². The van der Waals surface area contributed by atoms with Crippen molar-refractivity contribution in [1.82, 2.24) is 5.32 Å². The van der Waals surface area contributed by atoms with Gasteiger partial charge in [0.15, 0.2) is 0 Å². The Hall–Kier alpha value is -1.66. The van der Waals surface area contributed by atoms with Crippen LogP contribution in [0.2, 0.25) is 0 Å². The quantitative estimate of drug-likeness (QED) is 0.861. The van der Waals surface area contributed by atoms with Gasteiger partial charge in [0.2, 0.25) is 5.91 Å². The Labute approximate surface area is 118 Å². The minimum absolute atomic E-state index is 0.101. The van der Waals surface area contributed by atoms with Crippen molar-refractivity contribution >= 4 is 34.6 Å². The summed E-state index contributed by atoms with van der Waals surface area (Å²) in [7, 11) is 0. The average Bonchev–Trinajstić information content (AvgIpc) is 2.99. The Kier molecular flexibility index (Phi) is 4.70. The van der Waals surface area contributed by atoms with E-state index in [9.17, 15) is 9.59 Å². The van der Waals surface area contributed by atoms with E-state index < -0.39 is 12.0 Å². The van der Waals surface area contributed by atoms with Crippen molar-refractivity contribution in [3.63, 3.8) is 0 Å². The highest BCUT2D eigenvalue weighted by molar-refractivity contribution is 7.10. The van der Waals surface area contributed by atoms with E-state index in [0.29, 0.717) is 0 Å². The summed E-state index contributed by atoms with van der Waals surface area (Å²) in [5.41, 5.74) is 0.947. The first-order valence-electron chi connectivity index (χ1n) is 5.71. The van der Waals surface area contributed by atoms with E-state index in [0.717, 1.165) is 10.4 Å².